The molecule has 0 unspecified atom stereocenters. The summed E-state index contributed by atoms with van der Waals surface area (Å²) >= 11 is 1.53. The molecule has 1 aromatic heterocycles. The van der Waals surface area contributed by atoms with Crippen LogP contribution in [0.5, 0.6) is 5.75 Å². The third kappa shape index (κ3) is 2.83. The number of halogens is 1. The van der Waals surface area contributed by atoms with Gasteiger partial charge in [-0.05, 0) is 31.4 Å². The van der Waals surface area contributed by atoms with E-state index in [1.54, 1.807) is 6.07 Å². The standard InChI is InChI=1S/C15H17FN2OS/c1-2-13-14(8-17-9-3-4-9)20-15(18-13)11-6-5-10(19)7-12(11)16/h5-7,9,17,19H,2-4,8H2,1H3. The van der Waals surface area contributed by atoms with Crippen LogP contribution in [0.25, 0.3) is 10.6 Å². The Bertz CT molecular complexity index is 622. The van der Waals surface area contributed by atoms with E-state index in [9.17, 15) is 9.50 Å². The van der Waals surface area contributed by atoms with Crippen molar-refractivity contribution < 1.29 is 9.50 Å². The number of phenolic OH excluding ortho intramolecular Hbond substituents is 1. The molecular weight excluding hydrogens is 275 g/mol. The topological polar surface area (TPSA) is 45.2 Å². The van der Waals surface area contributed by atoms with Gasteiger partial charge in [0.2, 0.25) is 0 Å². The first-order valence-corrected chi connectivity index (χ1v) is 7.70. The van der Waals surface area contributed by atoms with E-state index in [-0.39, 0.29) is 5.75 Å². The van der Waals surface area contributed by atoms with Gasteiger partial charge in [0.25, 0.3) is 0 Å². The Kier molecular flexibility index (Phi) is 3.72. The fourth-order valence-corrected chi connectivity index (χ4v) is 3.24. The number of aromatic hydroxyl groups is 1. The lowest BCUT2D eigenvalue weighted by molar-refractivity contribution is 0.469. The van der Waals surface area contributed by atoms with Gasteiger partial charge in [-0.25, -0.2) is 9.37 Å². The highest BCUT2D eigenvalue weighted by atomic mass is 32.1. The summed E-state index contributed by atoms with van der Waals surface area (Å²) in [5, 5.41) is 13.4. The van der Waals surface area contributed by atoms with Crippen LogP contribution >= 0.6 is 11.3 Å². The quantitative estimate of drug-likeness (QED) is 0.887. The summed E-state index contributed by atoms with van der Waals surface area (Å²) in [5.41, 5.74) is 1.49. The number of aromatic nitrogens is 1. The van der Waals surface area contributed by atoms with Crippen LogP contribution in [0.4, 0.5) is 4.39 Å². The Hall–Kier alpha value is -1.46. The lowest BCUT2D eigenvalue weighted by Crippen LogP contribution is -2.15. The molecule has 2 N–H and O–H groups in total. The summed E-state index contributed by atoms with van der Waals surface area (Å²) in [6, 6.07) is 4.86. The molecule has 3 nitrogen and oxygen atoms in total. The molecule has 1 aromatic carbocycles. The molecule has 106 valence electrons. The summed E-state index contributed by atoms with van der Waals surface area (Å²) in [7, 11) is 0. The maximum Gasteiger partial charge on any atom is 0.137 e. The maximum atomic E-state index is 13.9. The first-order chi connectivity index (χ1) is 9.67. The zero-order valence-corrected chi connectivity index (χ0v) is 12.1. The fourth-order valence-electron chi connectivity index (χ4n) is 2.11. The summed E-state index contributed by atoms with van der Waals surface area (Å²) < 4.78 is 13.9. The van der Waals surface area contributed by atoms with Gasteiger partial charge in [0.1, 0.15) is 16.6 Å². The molecule has 1 fully saturated rings. The predicted molar refractivity (Wildman–Crippen MR) is 78.4 cm³/mol. The molecule has 0 aliphatic heterocycles. The van der Waals surface area contributed by atoms with Crippen molar-refractivity contribution in [1.82, 2.24) is 10.3 Å². The van der Waals surface area contributed by atoms with E-state index in [0.29, 0.717) is 16.6 Å². The molecule has 2 aromatic rings. The van der Waals surface area contributed by atoms with E-state index in [0.717, 1.165) is 24.7 Å². The average molecular weight is 292 g/mol. The number of thiazole rings is 1. The second-order valence-electron chi connectivity index (χ2n) is 5.06. The number of benzene rings is 1. The highest BCUT2D eigenvalue weighted by molar-refractivity contribution is 7.15. The van der Waals surface area contributed by atoms with Crippen LogP contribution in [0.3, 0.4) is 0 Å². The maximum absolute atomic E-state index is 13.9. The Morgan fingerprint density at radius 2 is 2.25 bits per heavy atom. The number of aryl methyl sites for hydroxylation is 1. The van der Waals surface area contributed by atoms with Crippen molar-refractivity contribution >= 4 is 11.3 Å². The summed E-state index contributed by atoms with van der Waals surface area (Å²) in [6.45, 7) is 2.87. The molecule has 0 radical (unpaired) electrons. The minimum atomic E-state index is -0.428. The van der Waals surface area contributed by atoms with Gasteiger partial charge in [-0.3, -0.25) is 0 Å². The van der Waals surface area contributed by atoms with Gasteiger partial charge >= 0.3 is 0 Å². The largest absolute Gasteiger partial charge is 0.508 e. The fraction of sp³-hybridized carbons (Fsp3) is 0.400. The van der Waals surface area contributed by atoms with Crippen molar-refractivity contribution in [3.8, 4) is 16.3 Å². The number of nitrogens with one attached hydrogen (secondary N) is 1. The van der Waals surface area contributed by atoms with Crippen molar-refractivity contribution in [2.75, 3.05) is 0 Å². The highest BCUT2D eigenvalue weighted by Crippen LogP contribution is 2.32. The molecule has 1 aliphatic rings. The summed E-state index contributed by atoms with van der Waals surface area (Å²) in [5.74, 6) is -0.489. The second-order valence-corrected chi connectivity index (χ2v) is 6.15. The summed E-state index contributed by atoms with van der Waals surface area (Å²) in [4.78, 5) is 5.73. The number of rotatable bonds is 5. The van der Waals surface area contributed by atoms with Gasteiger partial charge in [-0.15, -0.1) is 11.3 Å². The van der Waals surface area contributed by atoms with Gasteiger partial charge < -0.3 is 10.4 Å². The molecule has 5 heteroatoms. The van der Waals surface area contributed by atoms with Gasteiger partial charge in [0.05, 0.1) is 5.69 Å². The van der Waals surface area contributed by atoms with Crippen molar-refractivity contribution in [2.45, 2.75) is 38.8 Å². The zero-order valence-electron chi connectivity index (χ0n) is 11.3. The Morgan fingerprint density at radius 3 is 2.90 bits per heavy atom. The first-order valence-electron chi connectivity index (χ1n) is 6.88. The van der Waals surface area contributed by atoms with Crippen molar-refractivity contribution in [3.05, 3.63) is 34.6 Å². The zero-order chi connectivity index (χ0) is 14.1. The van der Waals surface area contributed by atoms with Crippen molar-refractivity contribution in [3.63, 3.8) is 0 Å². The molecular formula is C15H17FN2OS. The number of hydrogen-bond donors (Lipinski definition) is 2. The van der Waals surface area contributed by atoms with E-state index in [1.165, 1.54) is 35.1 Å². The molecule has 1 heterocycles. The monoisotopic (exact) mass is 292 g/mol. The van der Waals surface area contributed by atoms with Crippen molar-refractivity contribution in [1.29, 1.82) is 0 Å². The van der Waals surface area contributed by atoms with Crippen LogP contribution in [-0.4, -0.2) is 16.1 Å². The van der Waals surface area contributed by atoms with Gasteiger partial charge in [-0.2, -0.15) is 0 Å². The molecule has 0 amide bonds. The molecule has 0 bridgehead atoms. The number of hydrogen-bond acceptors (Lipinski definition) is 4. The Morgan fingerprint density at radius 1 is 1.45 bits per heavy atom. The number of phenols is 1. The van der Waals surface area contributed by atoms with Gasteiger partial charge in [0.15, 0.2) is 0 Å². The Labute approximate surface area is 121 Å². The lowest BCUT2D eigenvalue weighted by atomic mass is 10.2. The lowest BCUT2D eigenvalue weighted by Gasteiger charge is -2.00. The van der Waals surface area contributed by atoms with Crippen LogP contribution < -0.4 is 5.32 Å². The number of nitrogens with zero attached hydrogens (tertiary/aromatic N) is 1. The molecule has 0 spiro atoms. The van der Waals surface area contributed by atoms with Crippen molar-refractivity contribution in [2.24, 2.45) is 0 Å². The molecule has 0 atom stereocenters. The average Bonchev–Trinajstić information content (AvgIpc) is 3.16. The third-order valence-corrected chi connectivity index (χ3v) is 4.56. The smallest absolute Gasteiger partial charge is 0.137 e. The van der Waals surface area contributed by atoms with Gasteiger partial charge in [-0.1, -0.05) is 6.92 Å². The van der Waals surface area contributed by atoms with Crippen LogP contribution in [-0.2, 0) is 13.0 Å². The first kappa shape index (κ1) is 13.5. The normalized spacial score (nSPS) is 14.7. The van der Waals surface area contributed by atoms with Crippen LogP contribution in [0.2, 0.25) is 0 Å². The van der Waals surface area contributed by atoms with Crippen LogP contribution in [0.1, 0.15) is 30.3 Å². The van der Waals surface area contributed by atoms with E-state index < -0.39 is 5.82 Å². The van der Waals surface area contributed by atoms with Gasteiger partial charge in [0, 0.05) is 29.1 Å². The highest BCUT2D eigenvalue weighted by Gasteiger charge is 2.22. The van der Waals surface area contributed by atoms with E-state index >= 15 is 0 Å². The predicted octanol–water partition coefficient (Wildman–Crippen LogP) is 3.47. The molecule has 3 rings (SSSR count). The van der Waals surface area contributed by atoms with E-state index in [2.05, 4.69) is 17.2 Å². The molecule has 1 aliphatic carbocycles. The SMILES string of the molecule is CCc1nc(-c2ccc(O)cc2F)sc1CNC1CC1. The van der Waals surface area contributed by atoms with E-state index in [4.69, 9.17) is 0 Å². The third-order valence-electron chi connectivity index (χ3n) is 3.42. The van der Waals surface area contributed by atoms with Crippen LogP contribution in [0, 0.1) is 5.82 Å². The molecule has 0 saturated heterocycles. The Balaban J connectivity index is 1.88. The minimum Gasteiger partial charge on any atom is -0.508 e. The summed E-state index contributed by atoms with van der Waals surface area (Å²) in [6.07, 6.45) is 3.34. The van der Waals surface area contributed by atoms with Crippen LogP contribution in [0.15, 0.2) is 18.2 Å². The minimum absolute atomic E-state index is 0.0610. The molecule has 1 saturated carbocycles. The van der Waals surface area contributed by atoms with E-state index in [1.807, 2.05) is 0 Å². The molecule has 20 heavy (non-hydrogen) atoms. The second kappa shape index (κ2) is 5.50.